The molecule has 4 nitrogen and oxygen atoms in total. The fourth-order valence-electron chi connectivity index (χ4n) is 4.62. The maximum atomic E-state index is 13.1. The third-order valence-corrected chi connectivity index (χ3v) is 6.25. The zero-order valence-electron chi connectivity index (χ0n) is 14.4. The third-order valence-electron chi connectivity index (χ3n) is 6.25. The van der Waals surface area contributed by atoms with E-state index < -0.39 is 0 Å². The zero-order valence-corrected chi connectivity index (χ0v) is 14.4. The van der Waals surface area contributed by atoms with Gasteiger partial charge in [-0.2, -0.15) is 0 Å². The van der Waals surface area contributed by atoms with Gasteiger partial charge in [0, 0.05) is 19.1 Å². The van der Waals surface area contributed by atoms with Gasteiger partial charge in [0.25, 0.3) is 0 Å². The van der Waals surface area contributed by atoms with E-state index >= 15 is 0 Å². The van der Waals surface area contributed by atoms with E-state index in [0.717, 1.165) is 45.4 Å². The van der Waals surface area contributed by atoms with Crippen LogP contribution in [0.4, 0.5) is 0 Å². The van der Waals surface area contributed by atoms with E-state index in [-0.39, 0.29) is 17.9 Å². The van der Waals surface area contributed by atoms with Gasteiger partial charge in [0.05, 0.1) is 12.5 Å². The summed E-state index contributed by atoms with van der Waals surface area (Å²) < 4.78 is 0. The second-order valence-corrected chi connectivity index (χ2v) is 7.93. The van der Waals surface area contributed by atoms with Gasteiger partial charge in [-0.15, -0.1) is 0 Å². The van der Waals surface area contributed by atoms with Crippen molar-refractivity contribution >= 4 is 5.91 Å². The number of amides is 1. The molecule has 1 aromatic rings. The van der Waals surface area contributed by atoms with Crippen LogP contribution in [0, 0.1) is 5.41 Å². The standard InChI is InChI=1S/C20H28N2O2/c23-13-12-21-10-8-20(9-11-21)14-18(16-4-2-1-3-5-16)19(24)22(15-20)17-6-7-17/h1-5,17-18,23H,6-15H2. The molecule has 4 heteroatoms. The number of rotatable bonds is 4. The number of aliphatic hydroxyl groups is 1. The van der Waals surface area contributed by atoms with Crippen LogP contribution >= 0.6 is 0 Å². The van der Waals surface area contributed by atoms with E-state index in [1.165, 1.54) is 18.4 Å². The molecular weight excluding hydrogens is 300 g/mol. The molecule has 1 saturated carbocycles. The molecule has 2 saturated heterocycles. The summed E-state index contributed by atoms with van der Waals surface area (Å²) >= 11 is 0. The van der Waals surface area contributed by atoms with Gasteiger partial charge in [-0.25, -0.2) is 0 Å². The Bertz CT molecular complexity index is 577. The molecule has 1 unspecified atom stereocenters. The number of nitrogens with zero attached hydrogens (tertiary/aromatic N) is 2. The summed E-state index contributed by atoms with van der Waals surface area (Å²) in [6, 6.07) is 10.9. The predicted molar refractivity (Wildman–Crippen MR) is 93.7 cm³/mol. The first-order valence-electron chi connectivity index (χ1n) is 9.39. The van der Waals surface area contributed by atoms with Gasteiger partial charge >= 0.3 is 0 Å². The summed E-state index contributed by atoms with van der Waals surface area (Å²) in [5, 5.41) is 9.17. The molecule has 3 aliphatic rings. The molecule has 1 atom stereocenters. The minimum Gasteiger partial charge on any atom is -0.395 e. The monoisotopic (exact) mass is 328 g/mol. The van der Waals surface area contributed by atoms with Crippen molar-refractivity contribution in [2.45, 2.75) is 44.1 Å². The number of hydrogen-bond donors (Lipinski definition) is 1. The third kappa shape index (κ3) is 3.09. The van der Waals surface area contributed by atoms with E-state index in [2.05, 4.69) is 34.1 Å². The summed E-state index contributed by atoms with van der Waals surface area (Å²) in [5.41, 5.74) is 1.45. The summed E-state index contributed by atoms with van der Waals surface area (Å²) in [6.07, 6.45) is 5.64. The minimum absolute atomic E-state index is 0.0324. The average molecular weight is 328 g/mol. The van der Waals surface area contributed by atoms with E-state index in [1.807, 2.05) is 6.07 Å². The number of piperidine rings is 2. The Hall–Kier alpha value is -1.39. The molecule has 1 aromatic carbocycles. The Kier molecular flexibility index (Phi) is 4.35. The lowest BCUT2D eigenvalue weighted by Gasteiger charge is -2.50. The van der Waals surface area contributed by atoms with Crippen molar-refractivity contribution in [3.63, 3.8) is 0 Å². The number of hydrogen-bond acceptors (Lipinski definition) is 3. The van der Waals surface area contributed by atoms with Crippen LogP contribution in [-0.4, -0.2) is 59.6 Å². The van der Waals surface area contributed by atoms with Gasteiger partial charge in [0.15, 0.2) is 0 Å². The second-order valence-electron chi connectivity index (χ2n) is 7.93. The quantitative estimate of drug-likeness (QED) is 0.922. The summed E-state index contributed by atoms with van der Waals surface area (Å²) in [5.74, 6) is 0.386. The topological polar surface area (TPSA) is 43.8 Å². The maximum absolute atomic E-state index is 13.1. The lowest BCUT2D eigenvalue weighted by atomic mass is 9.67. The highest BCUT2D eigenvalue weighted by molar-refractivity contribution is 5.85. The van der Waals surface area contributed by atoms with Crippen molar-refractivity contribution < 1.29 is 9.90 Å². The highest BCUT2D eigenvalue weighted by Gasteiger charge is 2.49. The van der Waals surface area contributed by atoms with Gasteiger partial charge in [-0.3, -0.25) is 4.79 Å². The Morgan fingerprint density at radius 3 is 2.46 bits per heavy atom. The van der Waals surface area contributed by atoms with Crippen LogP contribution < -0.4 is 0 Å². The average Bonchev–Trinajstić information content (AvgIpc) is 3.45. The molecule has 0 bridgehead atoms. The van der Waals surface area contributed by atoms with Crippen LogP contribution in [0.2, 0.25) is 0 Å². The van der Waals surface area contributed by atoms with E-state index in [9.17, 15) is 9.90 Å². The first kappa shape index (κ1) is 16.1. The molecule has 1 spiro atoms. The summed E-state index contributed by atoms with van der Waals surface area (Å²) in [6.45, 7) is 4.08. The minimum atomic E-state index is 0.0324. The van der Waals surface area contributed by atoms with Gasteiger partial charge in [-0.1, -0.05) is 30.3 Å². The van der Waals surface area contributed by atoms with E-state index in [4.69, 9.17) is 0 Å². The molecule has 0 radical (unpaired) electrons. The summed E-state index contributed by atoms with van der Waals surface area (Å²) in [7, 11) is 0. The lowest BCUT2D eigenvalue weighted by Crippen LogP contribution is -2.54. The van der Waals surface area contributed by atoms with Crippen LogP contribution in [0.15, 0.2) is 30.3 Å². The van der Waals surface area contributed by atoms with Crippen LogP contribution in [0.5, 0.6) is 0 Å². The Balaban J connectivity index is 1.56. The fourth-order valence-corrected chi connectivity index (χ4v) is 4.62. The molecule has 1 N–H and O–H groups in total. The Labute approximate surface area is 144 Å². The molecule has 24 heavy (non-hydrogen) atoms. The molecule has 0 aromatic heterocycles. The number of likely N-dealkylation sites (tertiary alicyclic amines) is 2. The normalized spacial score (nSPS) is 27.6. The highest BCUT2D eigenvalue weighted by Crippen LogP contribution is 2.48. The Morgan fingerprint density at radius 2 is 1.83 bits per heavy atom. The summed E-state index contributed by atoms with van der Waals surface area (Å²) in [4.78, 5) is 17.7. The van der Waals surface area contributed by atoms with Gasteiger partial charge < -0.3 is 14.9 Å². The molecule has 1 aliphatic carbocycles. The molecular formula is C20H28N2O2. The number of aliphatic hydroxyl groups excluding tert-OH is 1. The smallest absolute Gasteiger partial charge is 0.230 e. The van der Waals surface area contributed by atoms with Gasteiger partial charge in [-0.05, 0) is 56.2 Å². The van der Waals surface area contributed by atoms with Gasteiger partial charge in [0.1, 0.15) is 0 Å². The van der Waals surface area contributed by atoms with Crippen LogP contribution in [0.3, 0.4) is 0 Å². The Morgan fingerprint density at radius 1 is 1.12 bits per heavy atom. The van der Waals surface area contributed by atoms with Crippen LogP contribution in [-0.2, 0) is 4.79 Å². The first-order valence-corrected chi connectivity index (χ1v) is 9.39. The predicted octanol–water partition coefficient (Wildman–Crippen LogP) is 2.24. The zero-order chi connectivity index (χ0) is 16.6. The van der Waals surface area contributed by atoms with E-state index in [1.54, 1.807) is 0 Å². The molecule has 130 valence electrons. The molecule has 2 heterocycles. The second kappa shape index (κ2) is 6.49. The van der Waals surface area contributed by atoms with Crippen LogP contribution in [0.1, 0.15) is 43.6 Å². The van der Waals surface area contributed by atoms with Crippen molar-refractivity contribution in [2.24, 2.45) is 5.41 Å². The molecule has 3 fully saturated rings. The number of benzene rings is 1. The van der Waals surface area contributed by atoms with Crippen LogP contribution in [0.25, 0.3) is 0 Å². The number of β-amino-alcohol motifs (C(OH)–C–C–N with tert-alkyl or cyclic N) is 1. The van der Waals surface area contributed by atoms with Crippen molar-refractivity contribution in [1.29, 1.82) is 0 Å². The maximum Gasteiger partial charge on any atom is 0.230 e. The van der Waals surface area contributed by atoms with Crippen molar-refractivity contribution in [2.75, 3.05) is 32.8 Å². The van der Waals surface area contributed by atoms with Crippen molar-refractivity contribution in [3.05, 3.63) is 35.9 Å². The molecule has 2 aliphatic heterocycles. The first-order chi connectivity index (χ1) is 11.7. The fraction of sp³-hybridized carbons (Fsp3) is 0.650. The molecule has 4 rings (SSSR count). The highest BCUT2D eigenvalue weighted by atomic mass is 16.3. The van der Waals surface area contributed by atoms with Crippen molar-refractivity contribution in [3.8, 4) is 0 Å². The number of carbonyl (C=O) groups excluding carboxylic acids is 1. The van der Waals surface area contributed by atoms with Gasteiger partial charge in [0.2, 0.25) is 5.91 Å². The molecule has 1 amide bonds. The largest absolute Gasteiger partial charge is 0.395 e. The van der Waals surface area contributed by atoms with Crippen molar-refractivity contribution in [1.82, 2.24) is 9.80 Å². The number of carbonyl (C=O) groups is 1. The SMILES string of the molecule is O=C1C(c2ccccc2)CC2(CCN(CCO)CC2)CN1C1CC1. The lowest BCUT2D eigenvalue weighted by molar-refractivity contribution is -0.142. The van der Waals surface area contributed by atoms with E-state index in [0.29, 0.717) is 11.9 Å².